The Balaban J connectivity index is 3.35. The lowest BCUT2D eigenvalue weighted by Gasteiger charge is -2.32. The molecule has 3 nitrogen and oxygen atoms in total. The van der Waals surface area contributed by atoms with Crippen LogP contribution in [0.5, 0.6) is 0 Å². The van der Waals surface area contributed by atoms with Crippen LogP contribution >= 0.6 is 0 Å². The minimum absolute atomic E-state index is 0.137. The number of likely N-dealkylation sites (N-methyl/N-ethyl adjacent to an activating group) is 1. The first-order valence-electron chi connectivity index (χ1n) is 5.46. The highest BCUT2D eigenvalue weighted by Crippen LogP contribution is 2.09. The van der Waals surface area contributed by atoms with E-state index in [0.717, 1.165) is 32.7 Å². The molecule has 0 fully saturated rings. The molecule has 1 N–H and O–H groups in total. The third-order valence-electron chi connectivity index (χ3n) is 2.56. The van der Waals surface area contributed by atoms with E-state index in [1.54, 1.807) is 0 Å². The Kier molecular flexibility index (Phi) is 7.15. The van der Waals surface area contributed by atoms with Gasteiger partial charge in [-0.2, -0.15) is 0 Å². The zero-order valence-electron chi connectivity index (χ0n) is 10.4. The Morgan fingerprint density at radius 2 is 1.93 bits per heavy atom. The standard InChI is InChI=1S/C11H26N2O/c1-6-12-8-7-9-14-10-11(2,3)13(4)5/h12H,6-10H2,1-5H3. The number of hydrogen-bond donors (Lipinski definition) is 1. The maximum Gasteiger partial charge on any atom is 0.0644 e. The van der Waals surface area contributed by atoms with E-state index in [4.69, 9.17) is 4.74 Å². The van der Waals surface area contributed by atoms with Gasteiger partial charge >= 0.3 is 0 Å². The summed E-state index contributed by atoms with van der Waals surface area (Å²) in [7, 11) is 4.17. The third kappa shape index (κ3) is 6.35. The van der Waals surface area contributed by atoms with Crippen LogP contribution in [0.4, 0.5) is 0 Å². The molecule has 0 unspecified atom stereocenters. The Morgan fingerprint density at radius 1 is 1.29 bits per heavy atom. The normalized spacial score (nSPS) is 12.4. The van der Waals surface area contributed by atoms with E-state index in [1.807, 2.05) is 0 Å². The van der Waals surface area contributed by atoms with Crippen LogP contribution < -0.4 is 5.32 Å². The molecule has 0 rings (SSSR count). The summed E-state index contributed by atoms with van der Waals surface area (Å²) in [5.74, 6) is 0. The molecule has 0 bridgehead atoms. The zero-order valence-corrected chi connectivity index (χ0v) is 10.4. The minimum atomic E-state index is 0.137. The van der Waals surface area contributed by atoms with Crippen LogP contribution in [0.3, 0.4) is 0 Å². The molecular formula is C11H26N2O. The molecular weight excluding hydrogens is 176 g/mol. The molecule has 0 saturated carbocycles. The summed E-state index contributed by atoms with van der Waals surface area (Å²) in [6.07, 6.45) is 1.09. The fourth-order valence-corrected chi connectivity index (χ4v) is 0.927. The van der Waals surface area contributed by atoms with Crippen LogP contribution in [0.25, 0.3) is 0 Å². The first-order chi connectivity index (χ1) is 6.50. The number of rotatable bonds is 8. The van der Waals surface area contributed by atoms with E-state index in [2.05, 4.69) is 45.1 Å². The van der Waals surface area contributed by atoms with E-state index in [1.165, 1.54) is 0 Å². The maximum atomic E-state index is 5.62. The molecule has 14 heavy (non-hydrogen) atoms. The average Bonchev–Trinajstić information content (AvgIpc) is 2.10. The smallest absolute Gasteiger partial charge is 0.0644 e. The summed E-state index contributed by atoms with van der Waals surface area (Å²) in [5.41, 5.74) is 0.137. The highest BCUT2D eigenvalue weighted by Gasteiger charge is 2.19. The summed E-state index contributed by atoms with van der Waals surface area (Å²) in [4.78, 5) is 2.19. The van der Waals surface area contributed by atoms with Gasteiger partial charge < -0.3 is 15.0 Å². The van der Waals surface area contributed by atoms with Gasteiger partial charge in [0.05, 0.1) is 6.61 Å². The molecule has 0 heterocycles. The fraction of sp³-hybridized carbons (Fsp3) is 1.00. The summed E-state index contributed by atoms with van der Waals surface area (Å²) in [6.45, 7) is 10.3. The van der Waals surface area contributed by atoms with Gasteiger partial charge in [-0.15, -0.1) is 0 Å². The highest BCUT2D eigenvalue weighted by molar-refractivity contribution is 4.75. The van der Waals surface area contributed by atoms with E-state index in [-0.39, 0.29) is 5.54 Å². The monoisotopic (exact) mass is 202 g/mol. The fourth-order valence-electron chi connectivity index (χ4n) is 0.927. The summed E-state index contributed by atoms with van der Waals surface area (Å²) in [5, 5.41) is 3.28. The molecule has 0 saturated heterocycles. The molecule has 0 aromatic carbocycles. The van der Waals surface area contributed by atoms with Crippen molar-refractivity contribution in [1.29, 1.82) is 0 Å². The third-order valence-corrected chi connectivity index (χ3v) is 2.56. The molecule has 0 aliphatic heterocycles. The van der Waals surface area contributed by atoms with Crippen molar-refractivity contribution in [1.82, 2.24) is 10.2 Å². The van der Waals surface area contributed by atoms with Crippen LogP contribution in [-0.4, -0.2) is 50.8 Å². The van der Waals surface area contributed by atoms with E-state index >= 15 is 0 Å². The van der Waals surface area contributed by atoms with Gasteiger partial charge in [0, 0.05) is 12.1 Å². The summed E-state index contributed by atoms with van der Waals surface area (Å²) < 4.78 is 5.62. The van der Waals surface area contributed by atoms with Gasteiger partial charge in [-0.05, 0) is 47.5 Å². The van der Waals surface area contributed by atoms with E-state index in [9.17, 15) is 0 Å². The largest absolute Gasteiger partial charge is 0.379 e. The van der Waals surface area contributed by atoms with Gasteiger partial charge in [-0.25, -0.2) is 0 Å². The van der Waals surface area contributed by atoms with Crippen LogP contribution in [0.15, 0.2) is 0 Å². The molecule has 0 atom stereocenters. The Hall–Kier alpha value is -0.120. The van der Waals surface area contributed by atoms with E-state index in [0.29, 0.717) is 0 Å². The molecule has 0 aromatic rings. The van der Waals surface area contributed by atoms with E-state index < -0.39 is 0 Å². The maximum absolute atomic E-state index is 5.62. The van der Waals surface area contributed by atoms with Crippen molar-refractivity contribution in [3.8, 4) is 0 Å². The highest BCUT2D eigenvalue weighted by atomic mass is 16.5. The Labute approximate surface area is 88.8 Å². The topological polar surface area (TPSA) is 24.5 Å². The van der Waals surface area contributed by atoms with Gasteiger partial charge in [0.1, 0.15) is 0 Å². The van der Waals surface area contributed by atoms with Crippen LogP contribution in [-0.2, 0) is 4.74 Å². The minimum Gasteiger partial charge on any atom is -0.379 e. The quantitative estimate of drug-likeness (QED) is 0.601. The lowest BCUT2D eigenvalue weighted by Crippen LogP contribution is -2.42. The van der Waals surface area contributed by atoms with Gasteiger partial charge in [0.2, 0.25) is 0 Å². The average molecular weight is 202 g/mol. The molecule has 0 amide bonds. The van der Waals surface area contributed by atoms with Crippen LogP contribution in [0.2, 0.25) is 0 Å². The number of hydrogen-bond acceptors (Lipinski definition) is 3. The van der Waals surface area contributed by atoms with Gasteiger partial charge in [0.25, 0.3) is 0 Å². The number of ether oxygens (including phenoxy) is 1. The number of nitrogens with zero attached hydrogens (tertiary/aromatic N) is 1. The molecule has 0 aliphatic carbocycles. The summed E-state index contributed by atoms with van der Waals surface area (Å²) in [6, 6.07) is 0. The molecule has 0 radical (unpaired) electrons. The molecule has 3 heteroatoms. The van der Waals surface area contributed by atoms with Crippen molar-refractivity contribution in [2.75, 3.05) is 40.4 Å². The second-order valence-corrected chi connectivity index (χ2v) is 4.47. The van der Waals surface area contributed by atoms with Crippen molar-refractivity contribution < 1.29 is 4.74 Å². The SMILES string of the molecule is CCNCCCOCC(C)(C)N(C)C. The first-order valence-corrected chi connectivity index (χ1v) is 5.46. The molecule has 0 aromatic heterocycles. The van der Waals surface area contributed by atoms with Crippen molar-refractivity contribution in [2.24, 2.45) is 0 Å². The van der Waals surface area contributed by atoms with Crippen molar-refractivity contribution in [2.45, 2.75) is 32.7 Å². The van der Waals surface area contributed by atoms with Gasteiger partial charge in [0.15, 0.2) is 0 Å². The Bertz CT molecular complexity index is 135. The first kappa shape index (κ1) is 13.9. The predicted molar refractivity (Wildman–Crippen MR) is 61.7 cm³/mol. The second-order valence-electron chi connectivity index (χ2n) is 4.47. The Morgan fingerprint density at radius 3 is 2.43 bits per heavy atom. The van der Waals surface area contributed by atoms with Crippen molar-refractivity contribution >= 4 is 0 Å². The molecule has 86 valence electrons. The van der Waals surface area contributed by atoms with Crippen molar-refractivity contribution in [3.63, 3.8) is 0 Å². The lowest BCUT2D eigenvalue weighted by molar-refractivity contribution is 0.0353. The number of nitrogens with one attached hydrogen (secondary N) is 1. The molecule has 0 spiro atoms. The van der Waals surface area contributed by atoms with Crippen LogP contribution in [0.1, 0.15) is 27.2 Å². The van der Waals surface area contributed by atoms with Gasteiger partial charge in [-0.1, -0.05) is 6.92 Å². The predicted octanol–water partition coefficient (Wildman–Crippen LogP) is 1.34. The summed E-state index contributed by atoms with van der Waals surface area (Å²) >= 11 is 0. The zero-order chi connectivity index (χ0) is 11.0. The van der Waals surface area contributed by atoms with Crippen LogP contribution in [0, 0.1) is 0 Å². The second kappa shape index (κ2) is 7.21. The molecule has 0 aliphatic rings. The lowest BCUT2D eigenvalue weighted by atomic mass is 10.1. The van der Waals surface area contributed by atoms with Crippen molar-refractivity contribution in [3.05, 3.63) is 0 Å². The van der Waals surface area contributed by atoms with Gasteiger partial charge in [-0.3, -0.25) is 0 Å².